The van der Waals surface area contributed by atoms with E-state index in [9.17, 15) is 19.2 Å². The van der Waals surface area contributed by atoms with Crippen LogP contribution < -0.4 is 10.6 Å². The molecule has 3 N–H and O–H groups in total. The molecule has 1 heterocycles. The highest BCUT2D eigenvalue weighted by molar-refractivity contribution is 6.01. The van der Waals surface area contributed by atoms with Crippen molar-refractivity contribution in [3.8, 4) is 0 Å². The van der Waals surface area contributed by atoms with E-state index in [2.05, 4.69) is 10.6 Å². The maximum atomic E-state index is 11.8. The fourth-order valence-corrected chi connectivity index (χ4v) is 2.20. The molecule has 110 valence electrons. The summed E-state index contributed by atoms with van der Waals surface area (Å²) >= 11 is 0. The van der Waals surface area contributed by atoms with Crippen molar-refractivity contribution in [2.24, 2.45) is 5.92 Å². The largest absolute Gasteiger partial charge is 0.480 e. The Morgan fingerprint density at radius 2 is 1.95 bits per heavy atom. The summed E-state index contributed by atoms with van der Waals surface area (Å²) < 4.78 is 0. The van der Waals surface area contributed by atoms with E-state index < -0.39 is 30.0 Å². The number of piperidine rings is 1. The van der Waals surface area contributed by atoms with Crippen LogP contribution in [0.15, 0.2) is 0 Å². The lowest BCUT2D eigenvalue weighted by atomic mass is 10.1. The first kappa shape index (κ1) is 14.3. The van der Waals surface area contributed by atoms with Gasteiger partial charge in [-0.25, -0.2) is 9.59 Å². The zero-order chi connectivity index (χ0) is 14.9. The number of aliphatic carboxylic acids is 1. The second-order valence-corrected chi connectivity index (χ2v) is 5.15. The van der Waals surface area contributed by atoms with Crippen molar-refractivity contribution in [2.45, 2.75) is 37.8 Å². The number of carboxylic acids is 1. The Balaban J connectivity index is 1.89. The van der Waals surface area contributed by atoms with Crippen LogP contribution in [0, 0.1) is 5.92 Å². The first-order chi connectivity index (χ1) is 9.40. The van der Waals surface area contributed by atoms with Crippen molar-refractivity contribution in [3.05, 3.63) is 0 Å². The molecular formula is C12H17N3O5. The van der Waals surface area contributed by atoms with E-state index in [4.69, 9.17) is 5.11 Å². The van der Waals surface area contributed by atoms with Crippen LogP contribution >= 0.6 is 0 Å². The molecule has 2 fully saturated rings. The summed E-state index contributed by atoms with van der Waals surface area (Å²) in [6.07, 6.45) is 1.96. The zero-order valence-corrected chi connectivity index (χ0v) is 11.1. The van der Waals surface area contributed by atoms with Gasteiger partial charge in [-0.2, -0.15) is 0 Å². The molecule has 0 aromatic heterocycles. The van der Waals surface area contributed by atoms with Crippen molar-refractivity contribution in [1.82, 2.24) is 15.5 Å². The zero-order valence-electron chi connectivity index (χ0n) is 11.1. The third-order valence-electron chi connectivity index (χ3n) is 3.60. The lowest BCUT2D eigenvalue weighted by molar-refractivity contribution is -0.147. The number of imide groups is 1. The lowest BCUT2D eigenvalue weighted by Crippen LogP contribution is -2.56. The van der Waals surface area contributed by atoms with Gasteiger partial charge in [0.2, 0.25) is 5.91 Å². The molecule has 0 radical (unpaired) electrons. The topological polar surface area (TPSA) is 116 Å². The maximum absolute atomic E-state index is 11.8. The Bertz CT molecular complexity index is 460. The van der Waals surface area contributed by atoms with Crippen LogP contribution in [-0.4, -0.2) is 53.0 Å². The van der Waals surface area contributed by atoms with Crippen molar-refractivity contribution < 1.29 is 24.3 Å². The van der Waals surface area contributed by atoms with Gasteiger partial charge in [-0.1, -0.05) is 0 Å². The van der Waals surface area contributed by atoms with Crippen molar-refractivity contribution >= 4 is 23.8 Å². The number of likely N-dealkylation sites (N-methyl/N-ethyl adjacent to an activating group) is 1. The molecular weight excluding hydrogens is 266 g/mol. The molecule has 4 amide bonds. The van der Waals surface area contributed by atoms with Crippen molar-refractivity contribution in [3.63, 3.8) is 0 Å². The number of nitrogens with one attached hydrogen (secondary N) is 2. The Morgan fingerprint density at radius 1 is 1.30 bits per heavy atom. The first-order valence-electron chi connectivity index (χ1n) is 6.50. The van der Waals surface area contributed by atoms with E-state index in [1.54, 1.807) is 0 Å². The summed E-state index contributed by atoms with van der Waals surface area (Å²) in [5.74, 6) is -1.88. The van der Waals surface area contributed by atoms with Gasteiger partial charge >= 0.3 is 12.0 Å². The number of nitrogens with zero attached hydrogens (tertiary/aromatic N) is 1. The van der Waals surface area contributed by atoms with Crippen LogP contribution in [0.25, 0.3) is 0 Å². The van der Waals surface area contributed by atoms with Crippen molar-refractivity contribution in [2.75, 3.05) is 7.05 Å². The molecule has 8 heteroatoms. The third-order valence-corrected chi connectivity index (χ3v) is 3.60. The summed E-state index contributed by atoms with van der Waals surface area (Å²) in [7, 11) is 1.36. The lowest BCUT2D eigenvalue weighted by Gasteiger charge is -2.28. The fraction of sp³-hybridized carbons (Fsp3) is 0.667. The van der Waals surface area contributed by atoms with Crippen LogP contribution in [0.5, 0.6) is 0 Å². The van der Waals surface area contributed by atoms with Crippen LogP contribution in [-0.2, 0) is 14.4 Å². The Morgan fingerprint density at radius 3 is 2.50 bits per heavy atom. The Labute approximate surface area is 115 Å². The molecule has 0 bridgehead atoms. The molecule has 1 saturated heterocycles. The number of likely N-dealkylation sites (tertiary alicyclic amines) is 1. The van der Waals surface area contributed by atoms with Gasteiger partial charge in [-0.05, 0) is 25.2 Å². The molecule has 2 unspecified atom stereocenters. The van der Waals surface area contributed by atoms with Crippen LogP contribution in [0.3, 0.4) is 0 Å². The van der Waals surface area contributed by atoms with E-state index in [0.29, 0.717) is 0 Å². The van der Waals surface area contributed by atoms with E-state index in [1.165, 1.54) is 7.05 Å². The van der Waals surface area contributed by atoms with E-state index in [-0.39, 0.29) is 24.7 Å². The number of hydrogen-bond acceptors (Lipinski definition) is 4. The van der Waals surface area contributed by atoms with Crippen LogP contribution in [0.1, 0.15) is 25.7 Å². The van der Waals surface area contributed by atoms with Gasteiger partial charge in [0.25, 0.3) is 5.91 Å². The van der Waals surface area contributed by atoms with Crippen LogP contribution in [0.2, 0.25) is 0 Å². The van der Waals surface area contributed by atoms with Gasteiger partial charge in [0.15, 0.2) is 0 Å². The van der Waals surface area contributed by atoms with Crippen LogP contribution in [0.4, 0.5) is 4.79 Å². The minimum atomic E-state index is -1.08. The molecule has 2 atom stereocenters. The first-order valence-corrected chi connectivity index (χ1v) is 6.50. The quantitative estimate of drug-likeness (QED) is 0.590. The molecule has 8 nitrogen and oxygen atoms in total. The van der Waals surface area contributed by atoms with Gasteiger partial charge in [0, 0.05) is 13.5 Å². The highest BCUT2D eigenvalue weighted by atomic mass is 16.4. The Hall–Kier alpha value is -2.12. The molecule has 0 spiro atoms. The van der Waals surface area contributed by atoms with Gasteiger partial charge < -0.3 is 15.7 Å². The standard InChI is InChI=1S/C12H17N3O5/c1-15-8(16)5-4-7(10(15)17)13-12(20)14-9(11(18)19)6-2-3-6/h6-7,9H,2-5H2,1H3,(H,18,19)(H2,13,14,20). The second-order valence-electron chi connectivity index (χ2n) is 5.15. The second kappa shape index (κ2) is 5.48. The number of carbonyl (C=O) groups is 4. The highest BCUT2D eigenvalue weighted by Crippen LogP contribution is 2.32. The number of carbonyl (C=O) groups excluding carboxylic acids is 3. The summed E-state index contributed by atoms with van der Waals surface area (Å²) in [6, 6.07) is -2.40. The van der Waals surface area contributed by atoms with Gasteiger partial charge in [0.1, 0.15) is 12.1 Å². The van der Waals surface area contributed by atoms with Crippen molar-refractivity contribution in [1.29, 1.82) is 0 Å². The SMILES string of the molecule is CN1C(=O)CCC(NC(=O)NC(C(=O)O)C2CC2)C1=O. The molecule has 1 aliphatic carbocycles. The van der Waals surface area contributed by atoms with Gasteiger partial charge in [-0.3, -0.25) is 14.5 Å². The summed E-state index contributed by atoms with van der Waals surface area (Å²) in [6.45, 7) is 0. The predicted octanol–water partition coefficient (Wildman–Crippen LogP) is -0.704. The monoisotopic (exact) mass is 283 g/mol. The summed E-state index contributed by atoms with van der Waals surface area (Å²) in [5, 5.41) is 13.8. The normalized spacial score (nSPS) is 24.2. The number of hydrogen-bond donors (Lipinski definition) is 3. The molecule has 0 aromatic rings. The van der Waals surface area contributed by atoms with E-state index in [1.807, 2.05) is 0 Å². The highest BCUT2D eigenvalue weighted by Gasteiger charge is 2.38. The van der Waals surface area contributed by atoms with E-state index >= 15 is 0 Å². The molecule has 0 aromatic carbocycles. The van der Waals surface area contributed by atoms with Gasteiger partial charge in [0.05, 0.1) is 0 Å². The molecule has 20 heavy (non-hydrogen) atoms. The average molecular weight is 283 g/mol. The fourth-order valence-electron chi connectivity index (χ4n) is 2.20. The molecule has 1 saturated carbocycles. The number of amides is 4. The smallest absolute Gasteiger partial charge is 0.326 e. The average Bonchev–Trinajstić information content (AvgIpc) is 3.21. The molecule has 2 aliphatic rings. The van der Waals surface area contributed by atoms with E-state index in [0.717, 1.165) is 17.7 Å². The summed E-state index contributed by atoms with van der Waals surface area (Å²) in [5.41, 5.74) is 0. The molecule has 1 aliphatic heterocycles. The predicted molar refractivity (Wildman–Crippen MR) is 66.6 cm³/mol. The molecule has 2 rings (SSSR count). The number of carboxylic acid groups (broad SMARTS) is 1. The third kappa shape index (κ3) is 3.06. The minimum absolute atomic E-state index is 0.0374. The van der Waals surface area contributed by atoms with Gasteiger partial charge in [-0.15, -0.1) is 0 Å². The Kier molecular flexibility index (Phi) is 3.91. The maximum Gasteiger partial charge on any atom is 0.326 e. The summed E-state index contributed by atoms with van der Waals surface area (Å²) in [4.78, 5) is 46.8. The minimum Gasteiger partial charge on any atom is -0.480 e. The number of urea groups is 1. The number of rotatable bonds is 4.